The largest absolute Gasteiger partial charge is 0.494 e. The van der Waals surface area contributed by atoms with Crippen molar-refractivity contribution in [1.29, 1.82) is 0 Å². The minimum absolute atomic E-state index is 0.0917. The fourth-order valence-electron chi connectivity index (χ4n) is 5.25. The molecule has 2 amide bonds. The number of pyridine rings is 1. The van der Waals surface area contributed by atoms with E-state index in [0.29, 0.717) is 23.3 Å². The zero-order valence-corrected chi connectivity index (χ0v) is 23.8. The maximum atomic E-state index is 14.1. The molecule has 2 aliphatic heterocycles. The van der Waals surface area contributed by atoms with E-state index >= 15 is 0 Å². The van der Waals surface area contributed by atoms with E-state index in [1.165, 1.54) is 12.3 Å². The molecule has 10 nitrogen and oxygen atoms in total. The van der Waals surface area contributed by atoms with Crippen LogP contribution in [0.2, 0.25) is 0 Å². The van der Waals surface area contributed by atoms with Crippen molar-refractivity contribution in [2.45, 2.75) is 37.6 Å². The van der Waals surface area contributed by atoms with Crippen molar-refractivity contribution < 1.29 is 35.4 Å². The Balaban J connectivity index is 1.33. The molecule has 2 fully saturated rings. The van der Waals surface area contributed by atoms with Crippen molar-refractivity contribution in [2.24, 2.45) is 0 Å². The molecule has 0 radical (unpaired) electrons. The second kappa shape index (κ2) is 13.3. The number of likely N-dealkylation sites (N-methyl/N-ethyl adjacent to an activating group) is 1. The smallest absolute Gasteiger partial charge is 0.302 e. The van der Waals surface area contributed by atoms with E-state index in [2.05, 4.69) is 27.1 Å². The van der Waals surface area contributed by atoms with Gasteiger partial charge in [0.25, 0.3) is 11.8 Å². The van der Waals surface area contributed by atoms with Crippen LogP contribution in [0.25, 0.3) is 10.9 Å². The van der Waals surface area contributed by atoms with Crippen molar-refractivity contribution >= 4 is 32.9 Å². The van der Waals surface area contributed by atoms with E-state index in [9.17, 15) is 30.7 Å². The van der Waals surface area contributed by atoms with Crippen molar-refractivity contribution in [1.82, 2.24) is 25.0 Å². The number of alkyl halides is 2. The van der Waals surface area contributed by atoms with Crippen LogP contribution in [0.1, 0.15) is 36.0 Å². The minimum Gasteiger partial charge on any atom is -0.494 e. The van der Waals surface area contributed by atoms with E-state index in [1.54, 1.807) is 18.2 Å². The number of piperazine rings is 1. The fraction of sp³-hybridized carbons (Fsp3) is 0.593. The highest BCUT2D eigenvalue weighted by Gasteiger charge is 2.46. The first kappa shape index (κ1) is 31.0. The predicted octanol–water partition coefficient (Wildman–Crippen LogP) is 2.30. The number of fused-ring (bicyclic) bond motifs is 1. The SMILES string of the molecule is CN1CCN(CCCOc2ccc3nccc(C(=O)NCC(=O)N4CC(F)(F)CC4CCCS(=O)(=O)F)c3c2)CC1. The number of nitrogens with one attached hydrogen (secondary N) is 1. The van der Waals surface area contributed by atoms with Crippen molar-refractivity contribution in [3.05, 3.63) is 36.0 Å². The van der Waals surface area contributed by atoms with Gasteiger partial charge in [0.1, 0.15) is 5.75 Å². The Morgan fingerprint density at radius 1 is 1.15 bits per heavy atom. The quantitative estimate of drug-likeness (QED) is 0.292. The van der Waals surface area contributed by atoms with Crippen LogP contribution in [0.4, 0.5) is 12.7 Å². The average molecular weight is 600 g/mol. The number of carbonyl (C=O) groups excluding carboxylic acids is 2. The molecule has 4 rings (SSSR count). The van der Waals surface area contributed by atoms with E-state index in [-0.39, 0.29) is 18.4 Å². The Hall–Kier alpha value is -2.97. The second-order valence-electron chi connectivity index (χ2n) is 10.7. The highest BCUT2D eigenvalue weighted by atomic mass is 32.3. The zero-order valence-electron chi connectivity index (χ0n) is 23.0. The lowest BCUT2D eigenvalue weighted by molar-refractivity contribution is -0.132. The third-order valence-corrected chi connectivity index (χ3v) is 8.24. The summed E-state index contributed by atoms with van der Waals surface area (Å²) in [5, 5.41) is 3.02. The fourth-order valence-corrected chi connectivity index (χ4v) is 5.77. The van der Waals surface area contributed by atoms with Crippen LogP contribution in [0.5, 0.6) is 5.75 Å². The number of benzene rings is 1. The minimum atomic E-state index is -4.73. The summed E-state index contributed by atoms with van der Waals surface area (Å²) in [4.78, 5) is 35.7. The monoisotopic (exact) mass is 599 g/mol. The standard InChI is InChI=1S/C27H36F3N5O5S/c1-33-10-12-34(13-11-33)9-3-14-40-21-5-6-24-23(16-21)22(7-8-31-24)26(37)32-18-25(36)35-19-27(28,29)17-20(35)4-2-15-41(30,38)39/h5-8,16,20H,2-4,9-15,17-19H2,1H3,(H,32,37). The second-order valence-corrected chi connectivity index (χ2v) is 12.2. The summed E-state index contributed by atoms with van der Waals surface area (Å²) in [6.07, 6.45) is 1.38. The number of hydrogen-bond donors (Lipinski definition) is 1. The molecule has 14 heteroatoms. The number of nitrogens with zero attached hydrogens (tertiary/aromatic N) is 4. The molecular formula is C27H36F3N5O5S. The van der Waals surface area contributed by atoms with Crippen LogP contribution in [0.15, 0.2) is 30.5 Å². The summed E-state index contributed by atoms with van der Waals surface area (Å²) < 4.78 is 68.4. The highest BCUT2D eigenvalue weighted by molar-refractivity contribution is 7.86. The lowest BCUT2D eigenvalue weighted by atomic mass is 10.1. The van der Waals surface area contributed by atoms with Gasteiger partial charge in [-0.2, -0.15) is 8.42 Å². The van der Waals surface area contributed by atoms with E-state index in [4.69, 9.17) is 4.74 Å². The summed E-state index contributed by atoms with van der Waals surface area (Å²) in [6, 6.07) is 5.78. The van der Waals surface area contributed by atoms with Crippen LogP contribution in [0, 0.1) is 0 Å². The maximum absolute atomic E-state index is 14.1. The number of amides is 2. The Morgan fingerprint density at radius 3 is 2.63 bits per heavy atom. The van der Waals surface area contributed by atoms with Crippen molar-refractivity contribution in [2.75, 3.05) is 65.2 Å². The summed E-state index contributed by atoms with van der Waals surface area (Å²) in [7, 11) is -2.62. The molecule has 1 unspecified atom stereocenters. The average Bonchev–Trinajstić information content (AvgIpc) is 3.23. The first-order chi connectivity index (χ1) is 19.4. The van der Waals surface area contributed by atoms with Gasteiger partial charge in [-0.1, -0.05) is 0 Å². The maximum Gasteiger partial charge on any atom is 0.302 e. The molecule has 0 saturated carbocycles. The first-order valence-electron chi connectivity index (χ1n) is 13.7. The predicted molar refractivity (Wildman–Crippen MR) is 147 cm³/mol. The van der Waals surface area contributed by atoms with Gasteiger partial charge >= 0.3 is 10.2 Å². The molecule has 1 atom stereocenters. The molecule has 2 aliphatic rings. The lowest BCUT2D eigenvalue weighted by Crippen LogP contribution is -2.44. The molecule has 41 heavy (non-hydrogen) atoms. The zero-order chi connectivity index (χ0) is 29.6. The van der Waals surface area contributed by atoms with Crippen LogP contribution in [0.3, 0.4) is 0 Å². The molecule has 0 spiro atoms. The lowest BCUT2D eigenvalue weighted by Gasteiger charge is -2.32. The van der Waals surface area contributed by atoms with E-state index < -0.39 is 59.3 Å². The number of aromatic nitrogens is 1. The number of rotatable bonds is 12. The Labute approximate surface area is 238 Å². The van der Waals surface area contributed by atoms with Gasteiger partial charge in [0.05, 0.1) is 36.5 Å². The van der Waals surface area contributed by atoms with Gasteiger partial charge in [0.15, 0.2) is 0 Å². The molecule has 0 bridgehead atoms. The number of halogens is 3. The molecule has 2 aromatic rings. The Bertz CT molecular complexity index is 1340. The van der Waals surface area contributed by atoms with Gasteiger partial charge in [0.2, 0.25) is 5.91 Å². The normalized spacial score (nSPS) is 19.9. The summed E-state index contributed by atoms with van der Waals surface area (Å²) in [6.45, 7) is 4.23. The summed E-state index contributed by atoms with van der Waals surface area (Å²) in [5.74, 6) is -4.69. The molecule has 2 saturated heterocycles. The highest BCUT2D eigenvalue weighted by Crippen LogP contribution is 2.34. The van der Waals surface area contributed by atoms with Gasteiger partial charge in [-0.25, -0.2) is 8.78 Å². The van der Waals surface area contributed by atoms with Gasteiger partial charge in [-0.15, -0.1) is 3.89 Å². The molecule has 0 aliphatic carbocycles. The van der Waals surface area contributed by atoms with Gasteiger partial charge < -0.3 is 24.8 Å². The summed E-state index contributed by atoms with van der Waals surface area (Å²) >= 11 is 0. The van der Waals surface area contributed by atoms with Crippen LogP contribution in [-0.2, 0) is 15.0 Å². The van der Waals surface area contributed by atoms with E-state index in [1.807, 2.05) is 0 Å². The van der Waals surface area contributed by atoms with Gasteiger partial charge in [0, 0.05) is 56.8 Å². The topological polar surface area (TPSA) is 112 Å². The van der Waals surface area contributed by atoms with Crippen molar-refractivity contribution in [3.63, 3.8) is 0 Å². The van der Waals surface area contributed by atoms with Crippen LogP contribution >= 0.6 is 0 Å². The first-order valence-corrected chi connectivity index (χ1v) is 15.3. The van der Waals surface area contributed by atoms with Gasteiger partial charge in [-0.05, 0) is 50.6 Å². The molecule has 1 N–H and O–H groups in total. The molecule has 1 aromatic carbocycles. The van der Waals surface area contributed by atoms with Crippen molar-refractivity contribution in [3.8, 4) is 5.75 Å². The molecule has 3 heterocycles. The molecule has 1 aromatic heterocycles. The Kier molecular flexibility index (Phi) is 10.1. The third kappa shape index (κ3) is 9.01. The number of hydrogen-bond acceptors (Lipinski definition) is 8. The third-order valence-electron chi connectivity index (χ3n) is 7.46. The van der Waals surface area contributed by atoms with Crippen LogP contribution in [-0.4, -0.2) is 117 Å². The van der Waals surface area contributed by atoms with Crippen LogP contribution < -0.4 is 10.1 Å². The number of likely N-dealkylation sites (tertiary alicyclic amines) is 1. The molecular weight excluding hydrogens is 563 g/mol. The Morgan fingerprint density at radius 2 is 1.90 bits per heavy atom. The summed E-state index contributed by atoms with van der Waals surface area (Å²) in [5.41, 5.74) is 0.804. The molecule has 226 valence electrons. The number of ether oxygens (including phenoxy) is 1. The number of carbonyl (C=O) groups is 2. The van der Waals surface area contributed by atoms with Gasteiger partial charge in [-0.3, -0.25) is 14.6 Å². The van der Waals surface area contributed by atoms with E-state index in [0.717, 1.165) is 44.0 Å².